The third-order valence-electron chi connectivity index (χ3n) is 4.60. The van der Waals surface area contributed by atoms with Crippen molar-refractivity contribution in [3.63, 3.8) is 0 Å². The zero-order valence-electron chi connectivity index (χ0n) is 16.6. The van der Waals surface area contributed by atoms with E-state index in [1.54, 1.807) is 40.6 Å². The van der Waals surface area contributed by atoms with Crippen molar-refractivity contribution >= 4 is 38.1 Å². The Morgan fingerprint density at radius 2 is 2.06 bits per heavy atom. The number of amides is 1. The molecule has 0 aliphatic carbocycles. The molecule has 0 bridgehead atoms. The molecular weight excluding hydrogens is 438 g/mol. The molecule has 1 N–H and O–H groups in total. The molecule has 0 saturated carbocycles. The fraction of sp³-hybridized carbons (Fsp3) is 0.143. The molecule has 0 spiro atoms. The maximum absolute atomic E-state index is 12.6. The second kappa shape index (κ2) is 8.40. The lowest BCUT2D eigenvalue weighted by Crippen LogP contribution is -2.38. The molecule has 0 fully saturated rings. The highest BCUT2D eigenvalue weighted by atomic mass is 32.2. The van der Waals surface area contributed by atoms with E-state index >= 15 is 0 Å². The third kappa shape index (κ3) is 4.25. The lowest BCUT2D eigenvalue weighted by molar-refractivity contribution is -0.121. The summed E-state index contributed by atoms with van der Waals surface area (Å²) in [6, 6.07) is 11.5. The number of sulfonamides is 1. The molecule has 31 heavy (non-hydrogen) atoms. The number of benzene rings is 2. The van der Waals surface area contributed by atoms with Gasteiger partial charge >= 0.3 is 0 Å². The van der Waals surface area contributed by atoms with Crippen LogP contribution < -0.4 is 19.1 Å². The Morgan fingerprint density at radius 1 is 1.29 bits per heavy atom. The zero-order valence-corrected chi connectivity index (χ0v) is 18.2. The number of anilines is 2. The number of carbonyl (C=O) groups excluding carboxylic acids is 1. The molecule has 10 heteroatoms. The Kier molecular flexibility index (Phi) is 5.66. The largest absolute Gasteiger partial charge is 0.497 e. The molecular formula is C21H19N3O5S2. The first-order valence-electron chi connectivity index (χ1n) is 9.22. The normalized spacial score (nSPS) is 13.3. The van der Waals surface area contributed by atoms with Crippen molar-refractivity contribution < 1.29 is 22.7 Å². The number of carbonyl (C=O) groups is 1. The summed E-state index contributed by atoms with van der Waals surface area (Å²) in [5, 5.41) is 1.98. The van der Waals surface area contributed by atoms with Gasteiger partial charge in [0, 0.05) is 17.5 Å². The average Bonchev–Trinajstić information content (AvgIpc) is 3.23. The third-order valence-corrected chi connectivity index (χ3v) is 6.85. The number of ether oxygens (including phenoxy) is 2. The first kappa shape index (κ1) is 20.9. The predicted molar refractivity (Wildman–Crippen MR) is 119 cm³/mol. The first-order chi connectivity index (χ1) is 14.9. The summed E-state index contributed by atoms with van der Waals surface area (Å²) in [7, 11) is -2.27. The van der Waals surface area contributed by atoms with Gasteiger partial charge in [-0.05, 0) is 42.5 Å². The molecule has 3 aromatic rings. The highest BCUT2D eigenvalue weighted by Gasteiger charge is 2.25. The summed E-state index contributed by atoms with van der Waals surface area (Å²) in [6.07, 6.45) is 1.65. The van der Waals surface area contributed by atoms with E-state index in [0.29, 0.717) is 29.4 Å². The fourth-order valence-corrected chi connectivity index (χ4v) is 5.05. The number of thiazole rings is 1. The monoisotopic (exact) mass is 457 g/mol. The van der Waals surface area contributed by atoms with Crippen molar-refractivity contribution in [3.8, 4) is 22.8 Å². The van der Waals surface area contributed by atoms with Gasteiger partial charge in [-0.15, -0.1) is 17.9 Å². The Bertz CT molecular complexity index is 1240. The van der Waals surface area contributed by atoms with Crippen LogP contribution >= 0.6 is 11.3 Å². The number of hydrogen-bond acceptors (Lipinski definition) is 7. The summed E-state index contributed by atoms with van der Waals surface area (Å²) in [6.45, 7) is 4.04. The van der Waals surface area contributed by atoms with Crippen LogP contribution in [0.15, 0.2) is 65.4 Å². The molecule has 160 valence electrons. The minimum atomic E-state index is -3.79. The number of rotatable bonds is 7. The fourth-order valence-electron chi connectivity index (χ4n) is 3.07. The molecule has 1 aromatic heterocycles. The lowest BCUT2D eigenvalue weighted by Gasteiger charge is -2.28. The number of methoxy groups -OCH3 is 1. The Hall–Kier alpha value is -3.37. The average molecular weight is 458 g/mol. The molecule has 1 amide bonds. The van der Waals surface area contributed by atoms with E-state index in [0.717, 1.165) is 5.56 Å². The minimum Gasteiger partial charge on any atom is -0.497 e. The number of fused-ring (bicyclic) bond motifs is 1. The topological polar surface area (TPSA) is 97.8 Å². The summed E-state index contributed by atoms with van der Waals surface area (Å²) in [5.74, 6) is 1.01. The zero-order chi connectivity index (χ0) is 22.0. The Morgan fingerprint density at radius 3 is 2.77 bits per heavy atom. The van der Waals surface area contributed by atoms with E-state index < -0.39 is 10.0 Å². The van der Waals surface area contributed by atoms with Gasteiger partial charge in [0.15, 0.2) is 11.7 Å². The van der Waals surface area contributed by atoms with Gasteiger partial charge in [-0.2, -0.15) is 0 Å². The van der Waals surface area contributed by atoms with Crippen LogP contribution in [0.3, 0.4) is 0 Å². The van der Waals surface area contributed by atoms with Crippen molar-refractivity contribution in [2.24, 2.45) is 0 Å². The summed E-state index contributed by atoms with van der Waals surface area (Å²) in [4.78, 5) is 18.3. The number of nitrogens with one attached hydrogen (secondary N) is 1. The quantitative estimate of drug-likeness (QED) is 0.545. The van der Waals surface area contributed by atoms with E-state index in [1.807, 2.05) is 6.07 Å². The van der Waals surface area contributed by atoms with E-state index in [-0.39, 0.29) is 22.5 Å². The SMILES string of the molecule is C=CCN1C(=O)COc2ccc(-c3csc(NS(=O)(=O)c4ccc(OC)cc4)n3)cc21. The Labute approximate surface area is 183 Å². The van der Waals surface area contributed by atoms with Crippen LogP contribution in [-0.2, 0) is 14.8 Å². The molecule has 8 nitrogen and oxygen atoms in total. The van der Waals surface area contributed by atoms with Crippen LogP contribution in [0.5, 0.6) is 11.5 Å². The molecule has 0 radical (unpaired) electrons. The summed E-state index contributed by atoms with van der Waals surface area (Å²) in [5.41, 5.74) is 1.94. The van der Waals surface area contributed by atoms with Crippen molar-refractivity contribution in [1.29, 1.82) is 0 Å². The minimum absolute atomic E-state index is 0.0197. The molecule has 4 rings (SSSR count). The number of hydrogen-bond donors (Lipinski definition) is 1. The van der Waals surface area contributed by atoms with Gasteiger partial charge in [0.25, 0.3) is 15.9 Å². The van der Waals surface area contributed by atoms with Crippen LogP contribution in [0.25, 0.3) is 11.3 Å². The molecule has 0 atom stereocenters. The van der Waals surface area contributed by atoms with Crippen LogP contribution in [0.2, 0.25) is 0 Å². The maximum atomic E-state index is 12.6. The number of aromatic nitrogens is 1. The molecule has 0 unspecified atom stereocenters. The van der Waals surface area contributed by atoms with Crippen molar-refractivity contribution in [1.82, 2.24) is 4.98 Å². The van der Waals surface area contributed by atoms with E-state index in [1.165, 1.54) is 30.6 Å². The lowest BCUT2D eigenvalue weighted by atomic mass is 10.1. The summed E-state index contributed by atoms with van der Waals surface area (Å²) >= 11 is 1.17. The molecule has 2 aromatic carbocycles. The van der Waals surface area contributed by atoms with Crippen LogP contribution in [-0.4, -0.2) is 39.6 Å². The molecule has 1 aliphatic rings. The van der Waals surface area contributed by atoms with E-state index in [2.05, 4.69) is 16.3 Å². The van der Waals surface area contributed by atoms with Crippen molar-refractivity contribution in [2.45, 2.75) is 4.90 Å². The van der Waals surface area contributed by atoms with Gasteiger partial charge in [-0.1, -0.05) is 6.08 Å². The van der Waals surface area contributed by atoms with Crippen LogP contribution in [0.4, 0.5) is 10.8 Å². The summed E-state index contributed by atoms with van der Waals surface area (Å²) < 4.78 is 38.3. The van der Waals surface area contributed by atoms with Gasteiger partial charge in [0.05, 0.1) is 23.4 Å². The van der Waals surface area contributed by atoms with Crippen molar-refractivity contribution in [3.05, 3.63) is 60.5 Å². The van der Waals surface area contributed by atoms with Gasteiger partial charge in [0.2, 0.25) is 0 Å². The highest BCUT2D eigenvalue weighted by molar-refractivity contribution is 7.93. The highest BCUT2D eigenvalue weighted by Crippen LogP contribution is 2.37. The van der Waals surface area contributed by atoms with Gasteiger partial charge in [-0.25, -0.2) is 13.4 Å². The second-order valence-corrected chi connectivity index (χ2v) is 9.12. The predicted octanol–water partition coefficient (Wildman–Crippen LogP) is 3.53. The van der Waals surface area contributed by atoms with E-state index in [4.69, 9.17) is 9.47 Å². The Balaban J connectivity index is 1.59. The number of nitrogens with zero attached hydrogens (tertiary/aromatic N) is 2. The second-order valence-electron chi connectivity index (χ2n) is 6.58. The van der Waals surface area contributed by atoms with Crippen molar-refractivity contribution in [2.75, 3.05) is 29.9 Å². The molecule has 1 aliphatic heterocycles. The van der Waals surface area contributed by atoms with Gasteiger partial charge in [-0.3, -0.25) is 9.52 Å². The smallest absolute Gasteiger partial charge is 0.265 e. The first-order valence-corrected chi connectivity index (χ1v) is 11.6. The van der Waals surface area contributed by atoms with Gasteiger partial charge in [0.1, 0.15) is 11.5 Å². The maximum Gasteiger partial charge on any atom is 0.265 e. The van der Waals surface area contributed by atoms with Crippen LogP contribution in [0.1, 0.15) is 0 Å². The molecule has 0 saturated heterocycles. The molecule has 2 heterocycles. The standard InChI is InChI=1S/C21H19N3O5S2/c1-3-10-24-18-11-14(4-9-19(18)29-12-20(24)25)17-13-30-21(22-17)23-31(26,27)16-7-5-15(28-2)6-8-16/h3-9,11,13H,1,10,12H2,2H3,(H,22,23). The van der Waals surface area contributed by atoms with E-state index in [9.17, 15) is 13.2 Å². The van der Waals surface area contributed by atoms with Gasteiger partial charge < -0.3 is 14.4 Å². The van der Waals surface area contributed by atoms with Crippen LogP contribution in [0, 0.1) is 0 Å².